The fourth-order valence-corrected chi connectivity index (χ4v) is 9.74. The van der Waals surface area contributed by atoms with Crippen LogP contribution in [0.25, 0.3) is 33.4 Å². The van der Waals surface area contributed by atoms with Crippen molar-refractivity contribution in [2.75, 3.05) is 4.90 Å². The minimum atomic E-state index is -0.123. The van der Waals surface area contributed by atoms with Crippen LogP contribution in [-0.4, -0.2) is 0 Å². The van der Waals surface area contributed by atoms with Crippen LogP contribution in [0.3, 0.4) is 0 Å². The van der Waals surface area contributed by atoms with Crippen molar-refractivity contribution in [1.82, 2.24) is 0 Å². The molecule has 6 aromatic carbocycles. The summed E-state index contributed by atoms with van der Waals surface area (Å²) < 4.78 is 0. The first-order chi connectivity index (χ1) is 25.5. The van der Waals surface area contributed by atoms with Crippen LogP contribution in [0.5, 0.6) is 0 Å². The van der Waals surface area contributed by atoms with Gasteiger partial charge >= 0.3 is 0 Å². The lowest BCUT2D eigenvalue weighted by Crippen LogP contribution is -2.16. The van der Waals surface area contributed by atoms with E-state index in [0.29, 0.717) is 11.8 Å². The summed E-state index contributed by atoms with van der Waals surface area (Å²) in [6, 6.07) is 53.1. The maximum atomic E-state index is 2.50. The molecule has 0 spiro atoms. The highest BCUT2D eigenvalue weighted by molar-refractivity contribution is 5.94. The summed E-state index contributed by atoms with van der Waals surface area (Å²) in [6.45, 7) is 4.82. The van der Waals surface area contributed by atoms with Crippen LogP contribution >= 0.6 is 0 Å². The van der Waals surface area contributed by atoms with Crippen LogP contribution in [0, 0.1) is 0 Å². The largest absolute Gasteiger partial charge is 0.310 e. The number of hydrogen-bond acceptors (Lipinski definition) is 1. The first kappa shape index (κ1) is 33.0. The molecule has 260 valence electrons. The Morgan fingerprint density at radius 1 is 0.423 bits per heavy atom. The molecule has 0 atom stereocenters. The van der Waals surface area contributed by atoms with Crippen molar-refractivity contribution in [3.8, 4) is 33.4 Å². The molecule has 6 aromatic rings. The minimum absolute atomic E-state index is 0.123. The Balaban J connectivity index is 1.10. The van der Waals surface area contributed by atoms with Gasteiger partial charge in [-0.25, -0.2) is 0 Å². The molecule has 1 nitrogen and oxygen atoms in total. The van der Waals surface area contributed by atoms with Gasteiger partial charge in [0.1, 0.15) is 0 Å². The number of benzene rings is 6. The monoisotopic (exact) mass is 677 g/mol. The third-order valence-corrected chi connectivity index (χ3v) is 12.7. The van der Waals surface area contributed by atoms with E-state index in [1.165, 1.54) is 137 Å². The summed E-state index contributed by atoms with van der Waals surface area (Å²) in [5.41, 5.74) is 17.2. The number of hydrogen-bond donors (Lipinski definition) is 0. The molecule has 2 saturated carbocycles. The summed E-state index contributed by atoms with van der Waals surface area (Å²) in [5, 5.41) is 0. The molecular formula is C51H51N. The fourth-order valence-electron chi connectivity index (χ4n) is 9.74. The Labute approximate surface area is 311 Å². The zero-order valence-corrected chi connectivity index (χ0v) is 31.0. The Morgan fingerprint density at radius 2 is 0.942 bits per heavy atom. The highest BCUT2D eigenvalue weighted by Gasteiger charge is 2.37. The first-order valence-electron chi connectivity index (χ1n) is 20.0. The van der Waals surface area contributed by atoms with E-state index in [2.05, 4.69) is 158 Å². The quantitative estimate of drug-likeness (QED) is 0.163. The molecule has 3 aliphatic carbocycles. The van der Waals surface area contributed by atoms with Crippen molar-refractivity contribution in [2.45, 2.75) is 95.3 Å². The van der Waals surface area contributed by atoms with E-state index in [1.54, 1.807) is 0 Å². The van der Waals surface area contributed by atoms with E-state index in [1.807, 2.05) is 0 Å². The Bertz CT molecular complexity index is 2080. The van der Waals surface area contributed by atoms with Gasteiger partial charge in [-0.3, -0.25) is 0 Å². The van der Waals surface area contributed by atoms with Crippen molar-refractivity contribution in [3.05, 3.63) is 162 Å². The van der Waals surface area contributed by atoms with Gasteiger partial charge in [0, 0.05) is 22.5 Å². The molecule has 0 bridgehead atoms. The van der Waals surface area contributed by atoms with Gasteiger partial charge in [0.25, 0.3) is 0 Å². The van der Waals surface area contributed by atoms with Crippen molar-refractivity contribution < 1.29 is 0 Å². The van der Waals surface area contributed by atoms with Gasteiger partial charge in [-0.2, -0.15) is 0 Å². The average molecular weight is 678 g/mol. The molecule has 0 saturated heterocycles. The fraction of sp³-hybridized carbons (Fsp3) is 0.294. The van der Waals surface area contributed by atoms with Crippen LogP contribution in [0.15, 0.2) is 140 Å². The predicted octanol–water partition coefficient (Wildman–Crippen LogP) is 14.9. The van der Waals surface area contributed by atoms with E-state index in [9.17, 15) is 0 Å². The molecule has 0 N–H and O–H groups in total. The zero-order valence-electron chi connectivity index (χ0n) is 31.0. The number of nitrogens with zero attached hydrogens (tertiary/aromatic N) is 1. The van der Waals surface area contributed by atoms with E-state index >= 15 is 0 Å². The molecule has 9 rings (SSSR count). The topological polar surface area (TPSA) is 3.24 Å². The first-order valence-corrected chi connectivity index (χ1v) is 20.0. The lowest BCUT2D eigenvalue weighted by Gasteiger charge is -2.29. The second-order valence-electron chi connectivity index (χ2n) is 16.2. The summed E-state index contributed by atoms with van der Waals surface area (Å²) >= 11 is 0. The predicted molar refractivity (Wildman–Crippen MR) is 221 cm³/mol. The maximum absolute atomic E-state index is 2.50. The molecule has 2 fully saturated rings. The van der Waals surface area contributed by atoms with Gasteiger partial charge in [-0.1, -0.05) is 156 Å². The van der Waals surface area contributed by atoms with Crippen LogP contribution in [-0.2, 0) is 5.41 Å². The molecule has 1 heteroatoms. The second-order valence-corrected chi connectivity index (χ2v) is 16.2. The zero-order chi connectivity index (χ0) is 35.1. The molecule has 0 unspecified atom stereocenters. The van der Waals surface area contributed by atoms with E-state index in [4.69, 9.17) is 0 Å². The minimum Gasteiger partial charge on any atom is -0.310 e. The van der Waals surface area contributed by atoms with Crippen LogP contribution in [0.2, 0.25) is 0 Å². The number of anilines is 3. The van der Waals surface area contributed by atoms with Crippen molar-refractivity contribution in [3.63, 3.8) is 0 Å². The molecule has 0 aromatic heterocycles. The third-order valence-electron chi connectivity index (χ3n) is 12.7. The lowest BCUT2D eigenvalue weighted by molar-refractivity contribution is 0.443. The molecule has 0 heterocycles. The standard InChI is InChI=1S/C51H51N/c1-51(2)48-20-12-19-46(42-23-21-39(22-24-42)36-13-6-3-7-14-36)50(48)47-34-33-45(35-49(47)51)52(43-29-25-40(26-30-43)37-15-8-4-9-16-37)44-31-27-41(28-32-44)38-17-10-5-11-18-38/h3,6-7,12-14,19-35,37-38H,4-5,8-11,15-18H2,1-2H3. The molecule has 0 radical (unpaired) electrons. The van der Waals surface area contributed by atoms with Crippen LogP contribution in [0.1, 0.15) is 112 Å². The highest BCUT2D eigenvalue weighted by atomic mass is 15.1. The Hall–Kier alpha value is -4.88. The van der Waals surface area contributed by atoms with Crippen LogP contribution < -0.4 is 4.90 Å². The van der Waals surface area contributed by atoms with Gasteiger partial charge in [0.2, 0.25) is 0 Å². The molecule has 3 aliphatic rings. The maximum Gasteiger partial charge on any atom is 0.0465 e. The van der Waals surface area contributed by atoms with Crippen molar-refractivity contribution in [2.24, 2.45) is 0 Å². The Kier molecular flexibility index (Phi) is 8.83. The van der Waals surface area contributed by atoms with Crippen molar-refractivity contribution in [1.29, 1.82) is 0 Å². The van der Waals surface area contributed by atoms with E-state index in [0.717, 1.165) is 0 Å². The summed E-state index contributed by atoms with van der Waals surface area (Å²) in [5.74, 6) is 1.41. The normalized spacial score (nSPS) is 17.0. The summed E-state index contributed by atoms with van der Waals surface area (Å²) in [6.07, 6.45) is 13.5. The van der Waals surface area contributed by atoms with Crippen molar-refractivity contribution >= 4 is 17.1 Å². The van der Waals surface area contributed by atoms with Gasteiger partial charge < -0.3 is 4.90 Å². The number of fused-ring (bicyclic) bond motifs is 3. The lowest BCUT2D eigenvalue weighted by atomic mass is 9.81. The summed E-state index contributed by atoms with van der Waals surface area (Å²) in [4.78, 5) is 2.50. The van der Waals surface area contributed by atoms with E-state index < -0.39 is 0 Å². The SMILES string of the molecule is CC1(C)c2cc(N(c3ccc(C4CCCCC4)cc3)c3ccc(C4CCCCC4)cc3)ccc2-c2c(-c3ccc(-c4ccccc4)cc3)cccc21. The molecular weight excluding hydrogens is 627 g/mol. The van der Waals surface area contributed by atoms with Gasteiger partial charge in [-0.15, -0.1) is 0 Å². The molecule has 0 amide bonds. The molecule has 0 aliphatic heterocycles. The van der Waals surface area contributed by atoms with E-state index in [-0.39, 0.29) is 5.41 Å². The van der Waals surface area contributed by atoms with Gasteiger partial charge in [0.15, 0.2) is 0 Å². The van der Waals surface area contributed by atoms with Gasteiger partial charge in [-0.05, 0) is 130 Å². The van der Waals surface area contributed by atoms with Gasteiger partial charge in [0.05, 0.1) is 0 Å². The Morgan fingerprint density at radius 3 is 1.52 bits per heavy atom. The third kappa shape index (κ3) is 6.09. The second kappa shape index (κ2) is 13.9. The average Bonchev–Trinajstić information content (AvgIpc) is 3.45. The highest BCUT2D eigenvalue weighted by Crippen LogP contribution is 2.54. The van der Waals surface area contributed by atoms with Crippen LogP contribution in [0.4, 0.5) is 17.1 Å². The number of rotatable bonds is 7. The summed E-state index contributed by atoms with van der Waals surface area (Å²) in [7, 11) is 0. The molecule has 52 heavy (non-hydrogen) atoms. The smallest absolute Gasteiger partial charge is 0.0465 e.